The molecule has 198 valence electrons. The topological polar surface area (TPSA) is 123 Å². The van der Waals surface area contributed by atoms with Gasteiger partial charge in [0, 0.05) is 11.5 Å². The Morgan fingerprint density at radius 1 is 0.771 bits per heavy atom. The summed E-state index contributed by atoms with van der Waals surface area (Å²) >= 11 is 0. The molecule has 0 N–H and O–H groups in total. The number of ether oxygens (including phenoxy) is 8. The van der Waals surface area contributed by atoms with Gasteiger partial charge in [-0.3, -0.25) is 0 Å². The molecule has 0 aromatic carbocycles. The molecule has 5 atom stereocenters. The SMILES string of the molecule is C=CCOC[C@H]1O[C@@H](OCCOCCOCCN=[N+]=[N-])[C@H](OCC=C)[C@@H](OCC=C)[C@@H]1COC=C. The zero-order valence-corrected chi connectivity index (χ0v) is 20.4. The smallest absolute Gasteiger partial charge is 0.186 e. The molecule has 0 bridgehead atoms. The van der Waals surface area contributed by atoms with Crippen molar-refractivity contribution in [3.63, 3.8) is 0 Å². The minimum absolute atomic E-state index is 0.216. The summed E-state index contributed by atoms with van der Waals surface area (Å²) in [5, 5.41) is 3.40. The molecule has 11 nitrogen and oxygen atoms in total. The number of nitrogens with zero attached hydrogens (tertiary/aromatic N) is 3. The van der Waals surface area contributed by atoms with Crippen LogP contribution in [0.15, 0.2) is 55.9 Å². The highest BCUT2D eigenvalue weighted by Gasteiger charge is 2.48. The molecule has 1 rings (SSSR count). The van der Waals surface area contributed by atoms with Crippen LogP contribution in [-0.2, 0) is 37.9 Å². The van der Waals surface area contributed by atoms with Crippen LogP contribution in [0.4, 0.5) is 0 Å². The molecule has 0 aromatic rings. The second kappa shape index (κ2) is 21.1. The molecule has 1 fully saturated rings. The Hall–Kier alpha value is -2.21. The van der Waals surface area contributed by atoms with Crippen LogP contribution in [0.5, 0.6) is 0 Å². The summed E-state index contributed by atoms with van der Waals surface area (Å²) in [5.74, 6) is -0.216. The van der Waals surface area contributed by atoms with E-state index in [4.69, 9.17) is 43.4 Å². The van der Waals surface area contributed by atoms with Crippen LogP contribution < -0.4 is 0 Å². The standard InChI is InChI=1S/C24H39N3O8/c1-5-10-31-19-21-20(18-28-8-4)22(32-11-6-2)23(33-12-7-3)24(35-21)34-17-16-30-15-14-29-13-9-26-27-25/h5-8,20-24H,1-4,9-19H2/t20-,21-,22+,23-,24-/m1/s1. The molecule has 0 aliphatic carbocycles. The fourth-order valence-corrected chi connectivity index (χ4v) is 3.35. The Balaban J connectivity index is 2.76. The molecule has 1 saturated heterocycles. The molecule has 0 amide bonds. The molecule has 1 aliphatic rings. The predicted octanol–water partition coefficient (Wildman–Crippen LogP) is 3.19. The molecular weight excluding hydrogens is 458 g/mol. The van der Waals surface area contributed by atoms with Gasteiger partial charge in [-0.15, -0.1) is 19.7 Å². The third-order valence-corrected chi connectivity index (χ3v) is 4.82. The molecule has 11 heteroatoms. The third kappa shape index (κ3) is 12.9. The van der Waals surface area contributed by atoms with Gasteiger partial charge < -0.3 is 37.9 Å². The Labute approximate surface area is 207 Å². The van der Waals surface area contributed by atoms with Gasteiger partial charge in [0.1, 0.15) is 6.10 Å². The van der Waals surface area contributed by atoms with Gasteiger partial charge in [0.05, 0.1) is 90.5 Å². The number of rotatable bonds is 23. The van der Waals surface area contributed by atoms with E-state index in [2.05, 4.69) is 36.3 Å². The van der Waals surface area contributed by atoms with E-state index in [-0.39, 0.29) is 31.8 Å². The minimum atomic E-state index is -0.731. The van der Waals surface area contributed by atoms with E-state index in [9.17, 15) is 0 Å². The zero-order valence-electron chi connectivity index (χ0n) is 20.4. The van der Waals surface area contributed by atoms with Crippen molar-refractivity contribution in [1.82, 2.24) is 0 Å². The van der Waals surface area contributed by atoms with Crippen LogP contribution in [0, 0.1) is 5.92 Å². The lowest BCUT2D eigenvalue weighted by molar-refractivity contribution is -0.309. The molecule has 0 aromatic heterocycles. The Kier molecular flexibility index (Phi) is 18.6. The molecule has 1 heterocycles. The van der Waals surface area contributed by atoms with Gasteiger partial charge in [0.25, 0.3) is 0 Å². The first-order chi connectivity index (χ1) is 17.2. The maximum atomic E-state index is 8.23. The van der Waals surface area contributed by atoms with Crippen molar-refractivity contribution in [3.05, 3.63) is 61.2 Å². The average Bonchev–Trinajstić information content (AvgIpc) is 2.87. The second-order valence-corrected chi connectivity index (χ2v) is 7.26. The van der Waals surface area contributed by atoms with E-state index >= 15 is 0 Å². The number of hydrogen-bond donors (Lipinski definition) is 0. The van der Waals surface area contributed by atoms with Gasteiger partial charge in [-0.25, -0.2) is 0 Å². The fourth-order valence-electron chi connectivity index (χ4n) is 3.35. The van der Waals surface area contributed by atoms with Gasteiger partial charge in [-0.2, -0.15) is 0 Å². The maximum Gasteiger partial charge on any atom is 0.186 e. The van der Waals surface area contributed by atoms with Crippen LogP contribution >= 0.6 is 0 Å². The second-order valence-electron chi connectivity index (χ2n) is 7.26. The van der Waals surface area contributed by atoms with Crippen LogP contribution in [-0.4, -0.2) is 97.2 Å². The highest BCUT2D eigenvalue weighted by atomic mass is 16.7. The monoisotopic (exact) mass is 497 g/mol. The largest absolute Gasteiger partial charge is 0.501 e. The summed E-state index contributed by atoms with van der Waals surface area (Å²) in [4.78, 5) is 2.66. The Bertz CT molecular complexity index is 644. The van der Waals surface area contributed by atoms with E-state index in [1.54, 1.807) is 18.2 Å². The van der Waals surface area contributed by atoms with Gasteiger partial charge in [-0.1, -0.05) is 29.9 Å². The first-order valence-electron chi connectivity index (χ1n) is 11.5. The lowest BCUT2D eigenvalue weighted by atomic mass is 9.89. The van der Waals surface area contributed by atoms with E-state index in [0.29, 0.717) is 52.9 Å². The lowest BCUT2D eigenvalue weighted by Gasteiger charge is -2.45. The third-order valence-electron chi connectivity index (χ3n) is 4.82. The maximum absolute atomic E-state index is 8.23. The molecule has 0 unspecified atom stereocenters. The van der Waals surface area contributed by atoms with Crippen molar-refractivity contribution >= 4 is 0 Å². The normalized spacial score (nSPS) is 23.7. The quantitative estimate of drug-likeness (QED) is 0.0527. The average molecular weight is 498 g/mol. The predicted molar refractivity (Wildman–Crippen MR) is 131 cm³/mol. The van der Waals surface area contributed by atoms with Gasteiger partial charge in [-0.05, 0) is 5.53 Å². The van der Waals surface area contributed by atoms with Crippen LogP contribution in [0.1, 0.15) is 0 Å². The van der Waals surface area contributed by atoms with E-state index in [0.717, 1.165) is 0 Å². The summed E-state index contributed by atoms with van der Waals surface area (Å²) in [6, 6.07) is 0. The molecule has 0 saturated carbocycles. The summed E-state index contributed by atoms with van der Waals surface area (Å²) < 4.78 is 46.4. The molecule has 1 aliphatic heterocycles. The van der Waals surface area contributed by atoms with Crippen LogP contribution in [0.3, 0.4) is 0 Å². The van der Waals surface area contributed by atoms with Gasteiger partial charge in [0.2, 0.25) is 0 Å². The van der Waals surface area contributed by atoms with E-state index in [1.165, 1.54) is 6.26 Å². The van der Waals surface area contributed by atoms with Crippen molar-refractivity contribution in [2.24, 2.45) is 11.0 Å². The summed E-state index contributed by atoms with van der Waals surface area (Å²) in [5.41, 5.74) is 8.23. The van der Waals surface area contributed by atoms with Crippen LogP contribution in [0.25, 0.3) is 10.4 Å². The van der Waals surface area contributed by atoms with Crippen molar-refractivity contribution in [2.45, 2.75) is 24.6 Å². The van der Waals surface area contributed by atoms with Crippen molar-refractivity contribution in [3.8, 4) is 0 Å². The first-order valence-corrected chi connectivity index (χ1v) is 11.5. The molecule has 0 radical (unpaired) electrons. The van der Waals surface area contributed by atoms with Gasteiger partial charge in [0.15, 0.2) is 6.29 Å². The number of azide groups is 1. The van der Waals surface area contributed by atoms with Crippen LogP contribution in [0.2, 0.25) is 0 Å². The Morgan fingerprint density at radius 2 is 1.43 bits per heavy atom. The summed E-state index contributed by atoms with van der Waals surface area (Å²) in [6.07, 6.45) is 4.29. The van der Waals surface area contributed by atoms with E-state index < -0.39 is 18.5 Å². The van der Waals surface area contributed by atoms with Crippen molar-refractivity contribution in [1.29, 1.82) is 0 Å². The fraction of sp³-hybridized carbons (Fsp3) is 0.667. The summed E-state index contributed by atoms with van der Waals surface area (Å²) in [6.45, 7) is 18.4. The minimum Gasteiger partial charge on any atom is -0.501 e. The molecular formula is C24H39N3O8. The summed E-state index contributed by atoms with van der Waals surface area (Å²) in [7, 11) is 0. The highest BCUT2D eigenvalue weighted by Crippen LogP contribution is 2.32. The first kappa shape index (κ1) is 30.8. The lowest BCUT2D eigenvalue weighted by Crippen LogP contribution is -2.59. The highest BCUT2D eigenvalue weighted by molar-refractivity contribution is 4.93. The zero-order chi connectivity index (χ0) is 25.6. The molecule has 0 spiro atoms. The van der Waals surface area contributed by atoms with Crippen molar-refractivity contribution in [2.75, 3.05) is 72.6 Å². The Morgan fingerprint density at radius 3 is 2.09 bits per heavy atom. The number of hydrogen-bond acceptors (Lipinski definition) is 9. The van der Waals surface area contributed by atoms with Crippen molar-refractivity contribution < 1.29 is 37.9 Å². The van der Waals surface area contributed by atoms with Gasteiger partial charge >= 0.3 is 0 Å². The molecule has 35 heavy (non-hydrogen) atoms. The van der Waals surface area contributed by atoms with E-state index in [1.807, 2.05) is 0 Å².